The highest BCUT2D eigenvalue weighted by Crippen LogP contribution is 2.38. The average Bonchev–Trinajstić information content (AvgIpc) is 3.50. The van der Waals surface area contributed by atoms with Crippen molar-refractivity contribution in [3.8, 4) is 5.69 Å². The van der Waals surface area contributed by atoms with E-state index in [4.69, 9.17) is 11.6 Å². The minimum atomic E-state index is -0.459. The fourth-order valence-electron chi connectivity index (χ4n) is 5.77. The van der Waals surface area contributed by atoms with E-state index < -0.39 is 5.82 Å². The molecule has 3 aromatic rings. The van der Waals surface area contributed by atoms with Crippen molar-refractivity contribution < 1.29 is 13.6 Å². The van der Waals surface area contributed by atoms with Crippen LogP contribution in [0.15, 0.2) is 42.6 Å². The maximum absolute atomic E-state index is 13.9. The van der Waals surface area contributed by atoms with Crippen LogP contribution in [0.4, 0.5) is 8.78 Å². The van der Waals surface area contributed by atoms with Crippen LogP contribution in [-0.4, -0.2) is 62.2 Å². The Hall–Kier alpha value is -2.84. The van der Waals surface area contributed by atoms with Crippen molar-refractivity contribution in [2.45, 2.75) is 57.9 Å². The molecule has 0 N–H and O–H groups in total. The zero-order chi connectivity index (χ0) is 27.2. The summed E-state index contributed by atoms with van der Waals surface area (Å²) in [5, 5.41) is 4.70. The monoisotopic (exact) mass is 541 g/mol. The molecule has 0 saturated carbocycles. The molecule has 38 heavy (non-hydrogen) atoms. The standard InChI is InChI=1S/C29H34ClF2N5O/c1-18-13-27(37(34-18)21-6-7-25(32)24(30)14-21)19-9-11-35(12-10-19)28(38)23-17-36(29(2,3)4)16-22(23)26-8-5-20(31)15-33-26/h5-8,13-15,19,22-23H,9-12,16-17H2,1-4H3. The van der Waals surface area contributed by atoms with Crippen molar-refractivity contribution in [2.24, 2.45) is 5.92 Å². The van der Waals surface area contributed by atoms with Crippen LogP contribution >= 0.6 is 11.6 Å². The summed E-state index contributed by atoms with van der Waals surface area (Å²) in [4.78, 5) is 22.5. The smallest absolute Gasteiger partial charge is 0.227 e. The first kappa shape index (κ1) is 26.8. The number of hydrogen-bond donors (Lipinski definition) is 0. The first-order valence-electron chi connectivity index (χ1n) is 13.2. The van der Waals surface area contributed by atoms with Crippen molar-refractivity contribution in [1.82, 2.24) is 24.6 Å². The highest BCUT2D eigenvalue weighted by atomic mass is 35.5. The molecule has 2 aliphatic rings. The largest absolute Gasteiger partial charge is 0.342 e. The average molecular weight is 542 g/mol. The molecule has 2 aromatic heterocycles. The summed E-state index contributed by atoms with van der Waals surface area (Å²) < 4.78 is 29.1. The summed E-state index contributed by atoms with van der Waals surface area (Å²) >= 11 is 6.04. The van der Waals surface area contributed by atoms with Gasteiger partial charge in [0, 0.05) is 54.9 Å². The Morgan fingerprint density at radius 3 is 2.42 bits per heavy atom. The number of pyridine rings is 1. The predicted octanol–water partition coefficient (Wildman–Crippen LogP) is 5.73. The van der Waals surface area contributed by atoms with Gasteiger partial charge in [0.25, 0.3) is 0 Å². The van der Waals surface area contributed by atoms with E-state index in [0.29, 0.717) is 26.2 Å². The molecular weight excluding hydrogens is 508 g/mol. The number of benzene rings is 1. The Kier molecular flexibility index (Phi) is 7.31. The van der Waals surface area contributed by atoms with E-state index in [1.165, 1.54) is 18.3 Å². The van der Waals surface area contributed by atoms with E-state index in [0.717, 1.165) is 35.6 Å². The third kappa shape index (κ3) is 5.34. The van der Waals surface area contributed by atoms with E-state index in [-0.39, 0.29) is 40.0 Å². The number of rotatable bonds is 4. The first-order chi connectivity index (χ1) is 18.0. The van der Waals surface area contributed by atoms with Crippen LogP contribution in [0, 0.1) is 24.5 Å². The molecule has 2 aliphatic heterocycles. The predicted molar refractivity (Wildman–Crippen MR) is 144 cm³/mol. The molecule has 5 rings (SSSR count). The molecule has 0 aliphatic carbocycles. The van der Waals surface area contributed by atoms with Gasteiger partial charge in [0.15, 0.2) is 0 Å². The molecule has 2 unspecified atom stereocenters. The van der Waals surface area contributed by atoms with Gasteiger partial charge in [-0.1, -0.05) is 11.6 Å². The van der Waals surface area contributed by atoms with Crippen molar-refractivity contribution in [3.63, 3.8) is 0 Å². The van der Waals surface area contributed by atoms with Crippen molar-refractivity contribution in [3.05, 3.63) is 76.3 Å². The SMILES string of the molecule is Cc1cc(C2CCN(C(=O)C3CN(C(C)(C)C)CC3c3ccc(F)cn3)CC2)n(-c2ccc(F)c(Cl)c2)n1. The molecule has 0 bridgehead atoms. The maximum atomic E-state index is 13.9. The Bertz CT molecular complexity index is 1310. The van der Waals surface area contributed by atoms with Gasteiger partial charge in [0.2, 0.25) is 5.91 Å². The summed E-state index contributed by atoms with van der Waals surface area (Å²) in [7, 11) is 0. The molecule has 2 fully saturated rings. The lowest BCUT2D eigenvalue weighted by Gasteiger charge is -2.35. The number of carbonyl (C=O) groups is 1. The fourth-order valence-corrected chi connectivity index (χ4v) is 5.95. The van der Waals surface area contributed by atoms with Gasteiger partial charge in [-0.15, -0.1) is 0 Å². The molecule has 2 saturated heterocycles. The molecule has 2 atom stereocenters. The number of nitrogens with zero attached hydrogens (tertiary/aromatic N) is 5. The van der Waals surface area contributed by atoms with Gasteiger partial charge in [0.05, 0.1) is 28.5 Å². The number of aromatic nitrogens is 3. The van der Waals surface area contributed by atoms with Crippen molar-refractivity contribution >= 4 is 17.5 Å². The Morgan fingerprint density at radius 2 is 1.79 bits per heavy atom. The van der Waals surface area contributed by atoms with E-state index in [1.54, 1.807) is 18.2 Å². The van der Waals surface area contributed by atoms with Gasteiger partial charge < -0.3 is 4.90 Å². The fraction of sp³-hybridized carbons (Fsp3) is 0.483. The van der Waals surface area contributed by atoms with E-state index in [9.17, 15) is 13.6 Å². The second-order valence-electron chi connectivity index (χ2n) is 11.5. The van der Waals surface area contributed by atoms with Crippen LogP contribution < -0.4 is 0 Å². The summed E-state index contributed by atoms with van der Waals surface area (Å²) in [6, 6.07) is 9.83. The Morgan fingerprint density at radius 1 is 1.05 bits per heavy atom. The summed E-state index contributed by atoms with van der Waals surface area (Å²) in [5.74, 6) is -0.777. The topological polar surface area (TPSA) is 54.3 Å². The highest BCUT2D eigenvalue weighted by Gasteiger charge is 2.44. The molecule has 6 nitrogen and oxygen atoms in total. The molecule has 0 radical (unpaired) electrons. The number of likely N-dealkylation sites (tertiary alicyclic amines) is 2. The highest BCUT2D eigenvalue weighted by molar-refractivity contribution is 6.30. The van der Waals surface area contributed by atoms with Crippen LogP contribution in [0.2, 0.25) is 5.02 Å². The quantitative estimate of drug-likeness (QED) is 0.423. The van der Waals surface area contributed by atoms with Gasteiger partial charge in [-0.2, -0.15) is 5.10 Å². The summed E-state index contributed by atoms with van der Waals surface area (Å²) in [6.07, 6.45) is 2.85. The van der Waals surface area contributed by atoms with E-state index >= 15 is 0 Å². The molecular formula is C29H34ClF2N5O. The second-order valence-corrected chi connectivity index (χ2v) is 11.9. The van der Waals surface area contributed by atoms with Crippen LogP contribution in [-0.2, 0) is 4.79 Å². The third-order valence-corrected chi connectivity index (χ3v) is 8.24. The molecule has 1 amide bonds. The number of carbonyl (C=O) groups excluding carboxylic acids is 1. The third-order valence-electron chi connectivity index (χ3n) is 7.95. The van der Waals surface area contributed by atoms with Crippen molar-refractivity contribution in [2.75, 3.05) is 26.2 Å². The molecule has 4 heterocycles. The minimum absolute atomic E-state index is 0.0630. The Balaban J connectivity index is 1.32. The number of aryl methyl sites for hydroxylation is 1. The summed E-state index contributed by atoms with van der Waals surface area (Å²) in [6.45, 7) is 11.1. The van der Waals surface area contributed by atoms with E-state index in [2.05, 4.69) is 41.8 Å². The van der Waals surface area contributed by atoms with Crippen molar-refractivity contribution in [1.29, 1.82) is 0 Å². The zero-order valence-corrected chi connectivity index (χ0v) is 23.1. The second kappa shape index (κ2) is 10.4. The first-order valence-corrected chi connectivity index (χ1v) is 13.6. The van der Waals surface area contributed by atoms with Gasteiger partial charge in [-0.05, 0) is 76.9 Å². The number of amides is 1. The molecule has 202 valence electrons. The van der Waals surface area contributed by atoms with Gasteiger partial charge >= 0.3 is 0 Å². The van der Waals surface area contributed by atoms with E-state index in [1.807, 2.05) is 16.5 Å². The normalized spacial score (nSPS) is 21.3. The zero-order valence-electron chi connectivity index (χ0n) is 22.3. The molecule has 9 heteroatoms. The number of hydrogen-bond acceptors (Lipinski definition) is 4. The Labute approximate surface area is 227 Å². The molecule has 0 spiro atoms. The summed E-state index contributed by atoms with van der Waals surface area (Å²) in [5.41, 5.74) is 3.33. The van der Waals surface area contributed by atoms with Crippen LogP contribution in [0.3, 0.4) is 0 Å². The van der Waals surface area contributed by atoms with Gasteiger partial charge in [-0.25, -0.2) is 13.5 Å². The van der Waals surface area contributed by atoms with Crippen LogP contribution in [0.1, 0.15) is 62.5 Å². The number of halogens is 3. The minimum Gasteiger partial charge on any atom is -0.342 e. The van der Waals surface area contributed by atoms with Gasteiger partial charge in [0.1, 0.15) is 11.6 Å². The lowest BCUT2D eigenvalue weighted by atomic mass is 9.88. The lowest BCUT2D eigenvalue weighted by molar-refractivity contribution is -0.136. The van der Waals surface area contributed by atoms with Crippen LogP contribution in [0.5, 0.6) is 0 Å². The van der Waals surface area contributed by atoms with Gasteiger partial charge in [-0.3, -0.25) is 14.7 Å². The molecule has 1 aromatic carbocycles. The lowest BCUT2D eigenvalue weighted by Crippen LogP contribution is -2.44. The number of piperidine rings is 1. The van der Waals surface area contributed by atoms with Crippen LogP contribution in [0.25, 0.3) is 5.69 Å². The maximum Gasteiger partial charge on any atom is 0.227 e.